The van der Waals surface area contributed by atoms with Crippen molar-refractivity contribution in [2.75, 3.05) is 0 Å². The van der Waals surface area contributed by atoms with Crippen LogP contribution in [0.4, 0.5) is 5.69 Å². The molecular formula is C12H8BrNO6. The third-order valence-electron chi connectivity index (χ3n) is 2.45. The van der Waals surface area contributed by atoms with Gasteiger partial charge in [-0.25, -0.2) is 4.79 Å². The molecule has 2 aromatic rings. The van der Waals surface area contributed by atoms with Crippen molar-refractivity contribution < 1.29 is 24.0 Å². The molecule has 0 amide bonds. The van der Waals surface area contributed by atoms with Gasteiger partial charge in [0.05, 0.1) is 11.2 Å². The Bertz CT molecular complexity index is 666. The summed E-state index contributed by atoms with van der Waals surface area (Å²) in [4.78, 5) is 21.2. The van der Waals surface area contributed by atoms with E-state index in [-0.39, 0.29) is 29.4 Å². The first-order chi connectivity index (χ1) is 9.49. The highest BCUT2D eigenvalue weighted by molar-refractivity contribution is 9.10. The molecule has 104 valence electrons. The zero-order chi connectivity index (χ0) is 14.7. The van der Waals surface area contributed by atoms with Gasteiger partial charge in [-0.15, -0.1) is 0 Å². The molecule has 0 atom stereocenters. The third-order valence-corrected chi connectivity index (χ3v) is 2.95. The smallest absolute Gasteiger partial charge is 0.339 e. The Balaban J connectivity index is 2.21. The van der Waals surface area contributed by atoms with E-state index in [2.05, 4.69) is 15.9 Å². The Morgan fingerprint density at radius 2 is 2.20 bits per heavy atom. The number of benzene rings is 1. The summed E-state index contributed by atoms with van der Waals surface area (Å²) in [5.74, 6) is -1.02. The van der Waals surface area contributed by atoms with Crippen LogP contribution in [-0.2, 0) is 6.61 Å². The summed E-state index contributed by atoms with van der Waals surface area (Å²) >= 11 is 3.13. The van der Waals surface area contributed by atoms with E-state index >= 15 is 0 Å². The fourth-order valence-corrected chi connectivity index (χ4v) is 1.89. The lowest BCUT2D eigenvalue weighted by Crippen LogP contribution is -2.03. The average Bonchev–Trinajstić information content (AvgIpc) is 2.85. The van der Waals surface area contributed by atoms with Crippen LogP contribution in [0, 0.1) is 10.1 Å². The minimum atomic E-state index is -1.15. The van der Waals surface area contributed by atoms with Crippen LogP contribution in [0.25, 0.3) is 0 Å². The third kappa shape index (κ3) is 2.97. The van der Waals surface area contributed by atoms with Crippen LogP contribution in [0.3, 0.4) is 0 Å². The molecule has 1 aromatic carbocycles. The van der Waals surface area contributed by atoms with Gasteiger partial charge in [-0.2, -0.15) is 0 Å². The minimum Gasteiger partial charge on any atom is -0.479 e. The molecule has 0 aliphatic heterocycles. The lowest BCUT2D eigenvalue weighted by Gasteiger charge is -2.06. The van der Waals surface area contributed by atoms with Gasteiger partial charge in [-0.3, -0.25) is 10.1 Å². The minimum absolute atomic E-state index is 0.0333. The summed E-state index contributed by atoms with van der Waals surface area (Å²) in [6.45, 7) is -0.211. The van der Waals surface area contributed by atoms with E-state index in [9.17, 15) is 14.9 Å². The highest BCUT2D eigenvalue weighted by Crippen LogP contribution is 2.30. The predicted molar refractivity (Wildman–Crippen MR) is 70.8 cm³/mol. The number of carboxylic acids is 1. The molecule has 8 heteroatoms. The Hall–Kier alpha value is -2.35. The topological polar surface area (TPSA) is 103 Å². The molecule has 0 spiro atoms. The monoisotopic (exact) mass is 341 g/mol. The lowest BCUT2D eigenvalue weighted by molar-refractivity contribution is -0.386. The molecule has 0 aliphatic rings. The summed E-state index contributed by atoms with van der Waals surface area (Å²) in [5, 5.41) is 19.8. The molecule has 0 unspecified atom stereocenters. The summed E-state index contributed by atoms with van der Waals surface area (Å²) in [7, 11) is 0. The number of nitro benzene ring substituents is 1. The number of nitrogens with zero attached hydrogens (tertiary/aromatic N) is 1. The number of hydrogen-bond acceptors (Lipinski definition) is 5. The van der Waals surface area contributed by atoms with Crippen molar-refractivity contribution in [3.05, 3.63) is 56.4 Å². The molecule has 0 radical (unpaired) electrons. The van der Waals surface area contributed by atoms with E-state index in [0.717, 1.165) is 0 Å². The van der Waals surface area contributed by atoms with Crippen LogP contribution in [0.1, 0.15) is 16.1 Å². The van der Waals surface area contributed by atoms with Crippen LogP contribution in [0.15, 0.2) is 39.4 Å². The molecule has 1 N–H and O–H groups in total. The van der Waals surface area contributed by atoms with Gasteiger partial charge in [-0.1, -0.05) is 15.9 Å². The fraction of sp³-hybridized carbons (Fsp3) is 0.0833. The number of hydrogen-bond donors (Lipinski definition) is 1. The second kappa shape index (κ2) is 5.74. The van der Waals surface area contributed by atoms with E-state index in [1.54, 1.807) is 6.07 Å². The SMILES string of the molecule is O=C(O)c1ccoc1COc1ccc(Br)cc1[N+](=O)[O-]. The summed E-state index contributed by atoms with van der Waals surface area (Å²) in [6, 6.07) is 5.60. The molecule has 1 aromatic heterocycles. The van der Waals surface area contributed by atoms with Gasteiger partial charge in [0.2, 0.25) is 0 Å². The molecule has 20 heavy (non-hydrogen) atoms. The number of nitro groups is 1. The lowest BCUT2D eigenvalue weighted by atomic mass is 10.2. The van der Waals surface area contributed by atoms with Crippen LogP contribution < -0.4 is 4.74 Å². The number of aromatic carboxylic acids is 1. The van der Waals surface area contributed by atoms with Crippen molar-refractivity contribution in [3.8, 4) is 5.75 Å². The zero-order valence-corrected chi connectivity index (χ0v) is 11.5. The molecule has 0 saturated carbocycles. The normalized spacial score (nSPS) is 10.2. The van der Waals surface area contributed by atoms with Crippen molar-refractivity contribution in [1.29, 1.82) is 0 Å². The maximum absolute atomic E-state index is 10.9. The number of rotatable bonds is 5. The number of ether oxygens (including phenoxy) is 1. The van der Waals surface area contributed by atoms with Gasteiger partial charge in [-0.05, 0) is 18.2 Å². The molecule has 0 saturated heterocycles. The van der Waals surface area contributed by atoms with Crippen LogP contribution >= 0.6 is 15.9 Å². The molecule has 2 rings (SSSR count). The van der Waals surface area contributed by atoms with Crippen molar-refractivity contribution in [3.63, 3.8) is 0 Å². The Morgan fingerprint density at radius 3 is 2.85 bits per heavy atom. The van der Waals surface area contributed by atoms with Gasteiger partial charge >= 0.3 is 11.7 Å². The van der Waals surface area contributed by atoms with Gasteiger partial charge in [0.25, 0.3) is 0 Å². The van der Waals surface area contributed by atoms with Crippen molar-refractivity contribution in [1.82, 2.24) is 0 Å². The van der Waals surface area contributed by atoms with Gasteiger partial charge in [0, 0.05) is 10.5 Å². The zero-order valence-electron chi connectivity index (χ0n) is 9.91. The first kappa shape index (κ1) is 14.1. The van der Waals surface area contributed by atoms with Gasteiger partial charge in [0.15, 0.2) is 11.5 Å². The second-order valence-corrected chi connectivity index (χ2v) is 4.64. The second-order valence-electron chi connectivity index (χ2n) is 3.72. The average molecular weight is 342 g/mol. The van der Waals surface area contributed by atoms with E-state index in [0.29, 0.717) is 4.47 Å². The number of carbonyl (C=O) groups is 1. The standard InChI is InChI=1S/C12H8BrNO6/c13-7-1-2-10(9(5-7)14(17)18)20-6-11-8(12(15)16)3-4-19-11/h1-5H,6H2,(H,15,16). The molecule has 0 bridgehead atoms. The van der Waals surface area contributed by atoms with Crippen LogP contribution in [0.2, 0.25) is 0 Å². The number of halogens is 1. The molecule has 7 nitrogen and oxygen atoms in total. The highest BCUT2D eigenvalue weighted by Gasteiger charge is 2.18. The maximum atomic E-state index is 10.9. The van der Waals surface area contributed by atoms with E-state index in [1.807, 2.05) is 0 Å². The Labute approximate surface area is 121 Å². The quantitative estimate of drug-likeness (QED) is 0.661. The summed E-state index contributed by atoms with van der Waals surface area (Å²) in [5.41, 5.74) is -0.257. The first-order valence-corrected chi connectivity index (χ1v) is 6.14. The van der Waals surface area contributed by atoms with E-state index < -0.39 is 10.9 Å². The Morgan fingerprint density at radius 1 is 1.45 bits per heavy atom. The summed E-state index contributed by atoms with van der Waals surface area (Å²) < 4.78 is 10.8. The largest absolute Gasteiger partial charge is 0.479 e. The fourth-order valence-electron chi connectivity index (χ4n) is 1.54. The van der Waals surface area contributed by atoms with Gasteiger partial charge in [0.1, 0.15) is 12.2 Å². The van der Waals surface area contributed by atoms with E-state index in [4.69, 9.17) is 14.3 Å². The molecular weight excluding hydrogens is 334 g/mol. The highest BCUT2D eigenvalue weighted by atomic mass is 79.9. The van der Waals surface area contributed by atoms with Crippen molar-refractivity contribution in [2.45, 2.75) is 6.61 Å². The van der Waals surface area contributed by atoms with Crippen molar-refractivity contribution >= 4 is 27.6 Å². The first-order valence-electron chi connectivity index (χ1n) is 5.35. The van der Waals surface area contributed by atoms with E-state index in [1.165, 1.54) is 24.5 Å². The van der Waals surface area contributed by atoms with Crippen LogP contribution in [-0.4, -0.2) is 16.0 Å². The van der Waals surface area contributed by atoms with Crippen LogP contribution in [0.5, 0.6) is 5.75 Å². The molecule has 0 aliphatic carbocycles. The predicted octanol–water partition coefficient (Wildman–Crippen LogP) is 3.23. The molecule has 0 fully saturated rings. The Kier molecular flexibility index (Phi) is 4.04. The van der Waals surface area contributed by atoms with Gasteiger partial charge < -0.3 is 14.3 Å². The summed E-state index contributed by atoms with van der Waals surface area (Å²) in [6.07, 6.45) is 1.22. The molecule has 1 heterocycles. The number of carboxylic acid groups (broad SMARTS) is 1. The van der Waals surface area contributed by atoms with Crippen molar-refractivity contribution in [2.24, 2.45) is 0 Å². The number of furan rings is 1. The maximum Gasteiger partial charge on any atom is 0.339 e.